The summed E-state index contributed by atoms with van der Waals surface area (Å²) in [5, 5.41) is 6.74. The maximum Gasteiger partial charge on any atom is 0.191 e. The van der Waals surface area contributed by atoms with Gasteiger partial charge in [-0.05, 0) is 39.7 Å². The molecule has 128 valence electrons. The molecule has 2 fully saturated rings. The van der Waals surface area contributed by atoms with Gasteiger partial charge in [0.05, 0.1) is 12.7 Å². The second-order valence-corrected chi connectivity index (χ2v) is 6.34. The molecule has 2 unspecified atom stereocenters. The number of hydrogen-bond acceptors (Lipinski definition) is 4. The molecule has 2 rings (SSSR count). The van der Waals surface area contributed by atoms with Crippen LogP contribution in [0.15, 0.2) is 4.99 Å². The zero-order valence-electron chi connectivity index (χ0n) is 14.3. The third-order valence-corrected chi connectivity index (χ3v) is 4.46. The van der Waals surface area contributed by atoms with Crippen molar-refractivity contribution in [1.29, 1.82) is 0 Å². The summed E-state index contributed by atoms with van der Waals surface area (Å²) in [5.74, 6) is 0.875. The van der Waals surface area contributed by atoms with E-state index in [1.807, 2.05) is 7.05 Å². The summed E-state index contributed by atoms with van der Waals surface area (Å²) in [5.41, 5.74) is 0. The lowest BCUT2D eigenvalue weighted by atomic mass is 10.3. The second kappa shape index (κ2) is 9.33. The summed E-state index contributed by atoms with van der Waals surface area (Å²) < 4.78 is 11.0. The Kier molecular flexibility index (Phi) is 7.42. The summed E-state index contributed by atoms with van der Waals surface area (Å²) in [6.45, 7) is 6.42. The molecule has 2 aliphatic rings. The van der Waals surface area contributed by atoms with Gasteiger partial charge in [-0.1, -0.05) is 0 Å². The molecule has 1 heterocycles. The quantitative estimate of drug-likeness (QED) is 0.375. The highest BCUT2D eigenvalue weighted by molar-refractivity contribution is 5.79. The van der Waals surface area contributed by atoms with Crippen LogP contribution in [-0.2, 0) is 9.47 Å². The number of hydrogen-bond donors (Lipinski definition) is 2. The minimum Gasteiger partial charge on any atom is -0.379 e. The Hall–Kier alpha value is -0.850. The van der Waals surface area contributed by atoms with Crippen LogP contribution in [0.4, 0.5) is 0 Å². The SMILES string of the molecule is CN=C(NCCCOC1CCOC1)NCC(C)N(C)C1CC1. The first-order valence-electron chi connectivity index (χ1n) is 8.56. The van der Waals surface area contributed by atoms with Crippen LogP contribution in [-0.4, -0.2) is 76.1 Å². The Morgan fingerprint density at radius 3 is 2.82 bits per heavy atom. The molecule has 0 radical (unpaired) electrons. The van der Waals surface area contributed by atoms with Gasteiger partial charge in [-0.25, -0.2) is 0 Å². The van der Waals surface area contributed by atoms with Gasteiger partial charge in [0.2, 0.25) is 0 Å². The van der Waals surface area contributed by atoms with Gasteiger partial charge < -0.3 is 20.1 Å². The van der Waals surface area contributed by atoms with E-state index in [4.69, 9.17) is 9.47 Å². The highest BCUT2D eigenvalue weighted by atomic mass is 16.5. The Balaban J connectivity index is 1.50. The first-order chi connectivity index (χ1) is 10.7. The van der Waals surface area contributed by atoms with E-state index >= 15 is 0 Å². The Bertz CT molecular complexity index is 341. The van der Waals surface area contributed by atoms with E-state index in [1.54, 1.807) is 0 Å². The van der Waals surface area contributed by atoms with Crippen LogP contribution in [0.25, 0.3) is 0 Å². The zero-order valence-corrected chi connectivity index (χ0v) is 14.3. The fourth-order valence-electron chi connectivity index (χ4n) is 2.62. The van der Waals surface area contributed by atoms with Crippen molar-refractivity contribution in [3.63, 3.8) is 0 Å². The average Bonchev–Trinajstić information content (AvgIpc) is 3.25. The van der Waals surface area contributed by atoms with Crippen molar-refractivity contribution in [3.05, 3.63) is 0 Å². The molecular weight excluding hydrogens is 280 g/mol. The summed E-state index contributed by atoms with van der Waals surface area (Å²) in [4.78, 5) is 6.73. The lowest BCUT2D eigenvalue weighted by Crippen LogP contribution is -2.45. The van der Waals surface area contributed by atoms with Crippen molar-refractivity contribution < 1.29 is 9.47 Å². The minimum absolute atomic E-state index is 0.302. The Morgan fingerprint density at radius 1 is 1.36 bits per heavy atom. The number of aliphatic imine (C=N–C) groups is 1. The van der Waals surface area contributed by atoms with Gasteiger partial charge in [0.1, 0.15) is 0 Å². The van der Waals surface area contributed by atoms with E-state index in [0.29, 0.717) is 12.1 Å². The van der Waals surface area contributed by atoms with E-state index in [0.717, 1.165) is 57.8 Å². The van der Waals surface area contributed by atoms with Gasteiger partial charge >= 0.3 is 0 Å². The molecule has 22 heavy (non-hydrogen) atoms. The number of guanidine groups is 1. The van der Waals surface area contributed by atoms with Crippen molar-refractivity contribution in [2.75, 3.05) is 47.0 Å². The normalized spacial score (nSPS) is 23.8. The average molecular weight is 312 g/mol. The lowest BCUT2D eigenvalue weighted by molar-refractivity contribution is 0.0420. The van der Waals surface area contributed by atoms with Crippen molar-refractivity contribution in [1.82, 2.24) is 15.5 Å². The molecule has 1 aliphatic heterocycles. The molecular formula is C16H32N4O2. The molecule has 1 saturated carbocycles. The molecule has 6 nitrogen and oxygen atoms in total. The highest BCUT2D eigenvalue weighted by Crippen LogP contribution is 2.26. The Labute approximate surface area is 134 Å². The summed E-state index contributed by atoms with van der Waals surface area (Å²) in [6.07, 6.45) is 5.01. The second-order valence-electron chi connectivity index (χ2n) is 6.34. The predicted octanol–water partition coefficient (Wildman–Crippen LogP) is 0.830. The molecule has 0 amide bonds. The standard InChI is InChI=1S/C16H32N4O2/c1-13(20(3)14-5-6-14)11-19-16(17-2)18-8-4-9-22-15-7-10-21-12-15/h13-15H,4-12H2,1-3H3,(H2,17,18,19). The largest absolute Gasteiger partial charge is 0.379 e. The van der Waals surface area contributed by atoms with Crippen LogP contribution < -0.4 is 10.6 Å². The van der Waals surface area contributed by atoms with Crippen molar-refractivity contribution in [2.45, 2.75) is 50.8 Å². The summed E-state index contributed by atoms with van der Waals surface area (Å²) >= 11 is 0. The number of ether oxygens (including phenoxy) is 2. The number of nitrogens with zero attached hydrogens (tertiary/aromatic N) is 2. The molecule has 1 aliphatic carbocycles. The van der Waals surface area contributed by atoms with Crippen LogP contribution >= 0.6 is 0 Å². The van der Waals surface area contributed by atoms with Crippen molar-refractivity contribution in [2.24, 2.45) is 4.99 Å². The molecule has 6 heteroatoms. The molecule has 2 atom stereocenters. The van der Waals surface area contributed by atoms with E-state index in [1.165, 1.54) is 12.8 Å². The lowest BCUT2D eigenvalue weighted by Gasteiger charge is -2.25. The highest BCUT2D eigenvalue weighted by Gasteiger charge is 2.28. The molecule has 0 aromatic carbocycles. The van der Waals surface area contributed by atoms with E-state index in [-0.39, 0.29) is 0 Å². The third-order valence-electron chi connectivity index (χ3n) is 4.46. The fraction of sp³-hybridized carbons (Fsp3) is 0.938. The number of nitrogens with one attached hydrogen (secondary N) is 2. The topological polar surface area (TPSA) is 58.1 Å². The molecule has 0 aromatic heterocycles. The summed E-state index contributed by atoms with van der Waals surface area (Å²) in [7, 11) is 4.03. The molecule has 2 N–H and O–H groups in total. The van der Waals surface area contributed by atoms with Crippen LogP contribution in [0, 0.1) is 0 Å². The molecule has 0 bridgehead atoms. The maximum absolute atomic E-state index is 5.75. The fourth-order valence-corrected chi connectivity index (χ4v) is 2.62. The van der Waals surface area contributed by atoms with Crippen LogP contribution in [0.2, 0.25) is 0 Å². The van der Waals surface area contributed by atoms with Crippen LogP contribution in [0.5, 0.6) is 0 Å². The van der Waals surface area contributed by atoms with E-state index < -0.39 is 0 Å². The van der Waals surface area contributed by atoms with Gasteiger partial charge in [-0.2, -0.15) is 0 Å². The summed E-state index contributed by atoms with van der Waals surface area (Å²) in [6, 6.07) is 1.32. The van der Waals surface area contributed by atoms with Crippen molar-refractivity contribution in [3.8, 4) is 0 Å². The third kappa shape index (κ3) is 6.10. The van der Waals surface area contributed by atoms with Crippen LogP contribution in [0.1, 0.15) is 32.6 Å². The predicted molar refractivity (Wildman–Crippen MR) is 89.4 cm³/mol. The smallest absolute Gasteiger partial charge is 0.191 e. The zero-order chi connectivity index (χ0) is 15.8. The van der Waals surface area contributed by atoms with Gasteiger partial charge in [0, 0.05) is 45.4 Å². The minimum atomic E-state index is 0.302. The van der Waals surface area contributed by atoms with Gasteiger partial charge in [0.15, 0.2) is 5.96 Å². The van der Waals surface area contributed by atoms with E-state index in [9.17, 15) is 0 Å². The number of likely N-dealkylation sites (N-methyl/N-ethyl adjacent to an activating group) is 1. The molecule has 1 saturated heterocycles. The van der Waals surface area contributed by atoms with E-state index in [2.05, 4.69) is 34.5 Å². The molecule has 0 aromatic rings. The first kappa shape index (κ1) is 17.5. The van der Waals surface area contributed by atoms with Gasteiger partial charge in [0.25, 0.3) is 0 Å². The number of rotatable bonds is 9. The van der Waals surface area contributed by atoms with Gasteiger partial charge in [-0.3, -0.25) is 9.89 Å². The Morgan fingerprint density at radius 2 is 2.18 bits per heavy atom. The monoisotopic (exact) mass is 312 g/mol. The first-order valence-corrected chi connectivity index (χ1v) is 8.56. The van der Waals surface area contributed by atoms with Gasteiger partial charge in [-0.15, -0.1) is 0 Å². The maximum atomic E-state index is 5.75. The van der Waals surface area contributed by atoms with Crippen LogP contribution in [0.3, 0.4) is 0 Å². The van der Waals surface area contributed by atoms with Crippen molar-refractivity contribution >= 4 is 5.96 Å². The molecule has 0 spiro atoms.